The van der Waals surface area contributed by atoms with Gasteiger partial charge in [-0.05, 0) is 61.6 Å². The molecule has 0 saturated heterocycles. The van der Waals surface area contributed by atoms with Crippen LogP contribution in [0, 0.1) is 24.7 Å². The molecule has 3 N–H and O–H groups in total. The van der Waals surface area contributed by atoms with Crippen molar-refractivity contribution in [1.82, 2.24) is 5.32 Å². The smallest absolute Gasteiger partial charge is 0.223 e. The highest BCUT2D eigenvalue weighted by Gasteiger charge is 2.40. The monoisotopic (exact) mass is 316 g/mol. The van der Waals surface area contributed by atoms with E-state index in [0.717, 1.165) is 29.7 Å². The van der Waals surface area contributed by atoms with Crippen molar-refractivity contribution >= 4 is 5.91 Å². The van der Waals surface area contributed by atoms with Gasteiger partial charge in [0.1, 0.15) is 5.75 Å². The Balaban J connectivity index is 1.57. The van der Waals surface area contributed by atoms with Crippen LogP contribution >= 0.6 is 0 Å². The van der Waals surface area contributed by atoms with Crippen molar-refractivity contribution in [2.75, 3.05) is 7.11 Å². The van der Waals surface area contributed by atoms with Crippen molar-refractivity contribution in [1.29, 1.82) is 0 Å². The second-order valence-electron chi connectivity index (χ2n) is 7.22. The van der Waals surface area contributed by atoms with Crippen molar-refractivity contribution in [3.05, 3.63) is 29.3 Å². The molecule has 2 unspecified atom stereocenters. The lowest BCUT2D eigenvalue weighted by molar-refractivity contribution is -0.128. The van der Waals surface area contributed by atoms with Gasteiger partial charge in [-0.2, -0.15) is 0 Å². The average Bonchev–Trinajstić information content (AvgIpc) is 2.53. The van der Waals surface area contributed by atoms with Crippen LogP contribution in [0.15, 0.2) is 18.2 Å². The third-order valence-electron chi connectivity index (χ3n) is 5.72. The predicted molar refractivity (Wildman–Crippen MR) is 91.1 cm³/mol. The molecule has 126 valence electrons. The number of methoxy groups -OCH3 is 1. The Kier molecular flexibility index (Phi) is 4.90. The number of carbonyl (C=O) groups excluding carboxylic acids is 1. The van der Waals surface area contributed by atoms with Gasteiger partial charge in [0.15, 0.2) is 0 Å². The van der Waals surface area contributed by atoms with E-state index in [-0.39, 0.29) is 11.8 Å². The van der Waals surface area contributed by atoms with Gasteiger partial charge in [-0.15, -0.1) is 0 Å². The average molecular weight is 316 g/mol. The van der Waals surface area contributed by atoms with Gasteiger partial charge >= 0.3 is 0 Å². The molecule has 1 aromatic rings. The van der Waals surface area contributed by atoms with Gasteiger partial charge in [-0.1, -0.05) is 18.6 Å². The van der Waals surface area contributed by atoms with E-state index in [2.05, 4.69) is 5.32 Å². The van der Waals surface area contributed by atoms with Gasteiger partial charge < -0.3 is 15.8 Å². The Hall–Kier alpha value is -1.55. The number of benzene rings is 1. The van der Waals surface area contributed by atoms with E-state index in [1.165, 1.54) is 19.3 Å². The van der Waals surface area contributed by atoms with Crippen LogP contribution in [-0.4, -0.2) is 19.1 Å². The quantitative estimate of drug-likeness (QED) is 0.898. The number of hydrogen-bond acceptors (Lipinski definition) is 3. The molecule has 3 rings (SSSR count). The number of ether oxygens (including phenoxy) is 1. The summed E-state index contributed by atoms with van der Waals surface area (Å²) in [5, 5.41) is 3.11. The normalized spacial score (nSPS) is 29.9. The first-order chi connectivity index (χ1) is 11.1. The van der Waals surface area contributed by atoms with Crippen LogP contribution in [0.4, 0.5) is 0 Å². The third kappa shape index (κ3) is 3.52. The second kappa shape index (κ2) is 6.91. The fraction of sp³-hybridized carbons (Fsp3) is 0.632. The molecule has 1 aromatic carbocycles. The summed E-state index contributed by atoms with van der Waals surface area (Å²) in [4.78, 5) is 12.5. The summed E-state index contributed by atoms with van der Waals surface area (Å²) in [5.41, 5.74) is 8.50. The molecule has 0 aliphatic heterocycles. The lowest BCUT2D eigenvalue weighted by Crippen LogP contribution is -2.49. The Labute approximate surface area is 138 Å². The van der Waals surface area contributed by atoms with E-state index >= 15 is 0 Å². The maximum atomic E-state index is 12.5. The van der Waals surface area contributed by atoms with Gasteiger partial charge in [0, 0.05) is 18.5 Å². The topological polar surface area (TPSA) is 64.3 Å². The third-order valence-corrected chi connectivity index (χ3v) is 5.72. The van der Waals surface area contributed by atoms with Crippen LogP contribution in [-0.2, 0) is 11.3 Å². The minimum atomic E-state index is 0.137. The zero-order valence-corrected chi connectivity index (χ0v) is 14.2. The number of hydrogen-bond donors (Lipinski definition) is 2. The van der Waals surface area contributed by atoms with Gasteiger partial charge in [0.05, 0.1) is 7.11 Å². The molecular formula is C19H28N2O2. The van der Waals surface area contributed by atoms with Crippen LogP contribution in [0.3, 0.4) is 0 Å². The summed E-state index contributed by atoms with van der Waals surface area (Å²) in [6, 6.07) is 6.39. The van der Waals surface area contributed by atoms with E-state index in [9.17, 15) is 4.79 Å². The summed E-state index contributed by atoms with van der Waals surface area (Å²) in [6.45, 7) is 2.58. The van der Waals surface area contributed by atoms with Gasteiger partial charge in [-0.3, -0.25) is 4.79 Å². The highest BCUT2D eigenvalue weighted by molar-refractivity contribution is 5.78. The fourth-order valence-electron chi connectivity index (χ4n) is 4.31. The van der Waals surface area contributed by atoms with Crippen molar-refractivity contribution in [3.8, 4) is 5.75 Å². The van der Waals surface area contributed by atoms with Crippen LogP contribution in [0.5, 0.6) is 5.75 Å². The van der Waals surface area contributed by atoms with E-state index < -0.39 is 0 Å². The lowest BCUT2D eigenvalue weighted by Gasteiger charge is -2.43. The zero-order valence-electron chi connectivity index (χ0n) is 14.2. The summed E-state index contributed by atoms with van der Waals surface area (Å²) in [6.07, 6.45) is 5.58. The summed E-state index contributed by atoms with van der Waals surface area (Å²) in [7, 11) is 1.68. The molecule has 2 saturated carbocycles. The SMILES string of the molecule is COc1cc(CNC(=O)C2CC3CCCC(C2)C3N)ccc1C. The number of nitrogens with one attached hydrogen (secondary N) is 1. The van der Waals surface area contributed by atoms with Crippen LogP contribution in [0.2, 0.25) is 0 Å². The van der Waals surface area contributed by atoms with E-state index in [0.29, 0.717) is 24.4 Å². The van der Waals surface area contributed by atoms with Crippen molar-refractivity contribution in [2.45, 2.75) is 51.6 Å². The molecule has 2 atom stereocenters. The van der Waals surface area contributed by atoms with E-state index in [1.807, 2.05) is 25.1 Å². The molecule has 0 spiro atoms. The Morgan fingerprint density at radius 1 is 1.30 bits per heavy atom. The fourth-order valence-corrected chi connectivity index (χ4v) is 4.31. The zero-order chi connectivity index (χ0) is 16.4. The van der Waals surface area contributed by atoms with Gasteiger partial charge in [0.25, 0.3) is 0 Å². The standard InChI is InChI=1S/C19H28N2O2/c1-12-6-7-13(8-17(12)23-2)11-21-19(22)16-9-14-4-3-5-15(10-16)18(14)20/h6-8,14-16,18H,3-5,9-11,20H2,1-2H3,(H,21,22). The maximum absolute atomic E-state index is 12.5. The van der Waals surface area contributed by atoms with Crippen LogP contribution < -0.4 is 15.8 Å². The van der Waals surface area contributed by atoms with Crippen molar-refractivity contribution in [3.63, 3.8) is 0 Å². The van der Waals surface area contributed by atoms with Crippen molar-refractivity contribution in [2.24, 2.45) is 23.5 Å². The van der Waals surface area contributed by atoms with Crippen LogP contribution in [0.25, 0.3) is 0 Å². The molecule has 23 heavy (non-hydrogen) atoms. The summed E-state index contributed by atoms with van der Waals surface area (Å²) < 4.78 is 5.34. The summed E-state index contributed by atoms with van der Waals surface area (Å²) >= 11 is 0. The first-order valence-electron chi connectivity index (χ1n) is 8.75. The number of rotatable bonds is 4. The molecule has 2 aliphatic carbocycles. The highest BCUT2D eigenvalue weighted by atomic mass is 16.5. The van der Waals surface area contributed by atoms with Gasteiger partial charge in [-0.25, -0.2) is 0 Å². The second-order valence-corrected chi connectivity index (χ2v) is 7.22. The molecule has 2 bridgehead atoms. The molecule has 4 heteroatoms. The molecule has 2 aliphatic rings. The predicted octanol–water partition coefficient (Wildman–Crippen LogP) is 2.77. The molecule has 4 nitrogen and oxygen atoms in total. The minimum Gasteiger partial charge on any atom is -0.496 e. The number of aryl methyl sites for hydroxylation is 1. The number of carbonyl (C=O) groups is 1. The van der Waals surface area contributed by atoms with Gasteiger partial charge in [0.2, 0.25) is 5.91 Å². The molecule has 0 radical (unpaired) electrons. The first kappa shape index (κ1) is 16.3. The molecule has 0 aromatic heterocycles. The molecule has 1 amide bonds. The van der Waals surface area contributed by atoms with E-state index in [1.54, 1.807) is 7.11 Å². The van der Waals surface area contributed by atoms with Crippen molar-refractivity contribution < 1.29 is 9.53 Å². The molecule has 2 fully saturated rings. The maximum Gasteiger partial charge on any atom is 0.223 e. The summed E-state index contributed by atoms with van der Waals surface area (Å²) in [5.74, 6) is 2.27. The van der Waals surface area contributed by atoms with Crippen LogP contribution in [0.1, 0.15) is 43.2 Å². The Bertz CT molecular complexity index is 558. The van der Waals surface area contributed by atoms with E-state index in [4.69, 9.17) is 10.5 Å². The Morgan fingerprint density at radius 2 is 2.00 bits per heavy atom. The largest absolute Gasteiger partial charge is 0.496 e. The number of nitrogens with two attached hydrogens (primary N) is 1. The molecular weight excluding hydrogens is 288 g/mol. The number of fused-ring (bicyclic) bond motifs is 2. The minimum absolute atomic E-state index is 0.137. The first-order valence-corrected chi connectivity index (χ1v) is 8.75. The highest BCUT2D eigenvalue weighted by Crippen LogP contribution is 2.41. The molecule has 0 heterocycles. The lowest BCUT2D eigenvalue weighted by atomic mass is 9.65. The Morgan fingerprint density at radius 3 is 2.65 bits per heavy atom. The number of amides is 1.